The van der Waals surface area contributed by atoms with Gasteiger partial charge in [0, 0.05) is 24.2 Å². The summed E-state index contributed by atoms with van der Waals surface area (Å²) in [5.74, 6) is 2.25. The van der Waals surface area contributed by atoms with Crippen molar-refractivity contribution in [2.45, 2.75) is 6.42 Å². The second-order valence-electron chi connectivity index (χ2n) is 3.27. The van der Waals surface area contributed by atoms with Crippen LogP contribution in [-0.2, 0) is 0 Å². The van der Waals surface area contributed by atoms with Gasteiger partial charge in [0.2, 0.25) is 0 Å². The molecule has 2 heterocycles. The first-order valence-electron chi connectivity index (χ1n) is 4.76. The van der Waals surface area contributed by atoms with Crippen molar-refractivity contribution >= 4 is 45.1 Å². The quantitative estimate of drug-likeness (QED) is 0.799. The first-order valence-corrected chi connectivity index (χ1v) is 7.54. The Morgan fingerprint density at radius 3 is 3.07 bits per heavy atom. The zero-order chi connectivity index (χ0) is 10.7. The van der Waals surface area contributed by atoms with E-state index in [4.69, 9.17) is 0 Å². The van der Waals surface area contributed by atoms with Gasteiger partial charge in [-0.3, -0.25) is 4.79 Å². The molecule has 1 saturated heterocycles. The van der Waals surface area contributed by atoms with Gasteiger partial charge in [0.05, 0.1) is 4.47 Å². The molecular weight excluding hydrogens is 296 g/mol. The molecule has 1 aliphatic heterocycles. The van der Waals surface area contributed by atoms with Gasteiger partial charge in [0.25, 0.3) is 5.91 Å². The summed E-state index contributed by atoms with van der Waals surface area (Å²) in [6.07, 6.45) is 1.08. The van der Waals surface area contributed by atoms with Crippen molar-refractivity contribution in [3.63, 3.8) is 0 Å². The van der Waals surface area contributed by atoms with Crippen LogP contribution < -0.4 is 0 Å². The van der Waals surface area contributed by atoms with Gasteiger partial charge in [0.15, 0.2) is 5.69 Å². The lowest BCUT2D eigenvalue weighted by molar-refractivity contribution is 0.0763. The topological polar surface area (TPSA) is 33.2 Å². The highest BCUT2D eigenvalue weighted by Gasteiger charge is 2.21. The zero-order valence-corrected chi connectivity index (χ0v) is 11.3. The monoisotopic (exact) mass is 306 g/mol. The number of rotatable bonds is 1. The molecule has 15 heavy (non-hydrogen) atoms. The van der Waals surface area contributed by atoms with Gasteiger partial charge in [-0.2, -0.15) is 16.1 Å². The summed E-state index contributed by atoms with van der Waals surface area (Å²) in [4.78, 5) is 14.0. The van der Waals surface area contributed by atoms with E-state index in [9.17, 15) is 4.79 Å². The van der Waals surface area contributed by atoms with Gasteiger partial charge >= 0.3 is 0 Å². The van der Waals surface area contributed by atoms with E-state index in [0.717, 1.165) is 35.5 Å². The van der Waals surface area contributed by atoms with Gasteiger partial charge in [-0.25, -0.2) is 0 Å². The normalized spacial score (nSPS) is 17.5. The zero-order valence-electron chi connectivity index (χ0n) is 8.11. The molecule has 1 fully saturated rings. The first kappa shape index (κ1) is 11.4. The number of hydrogen-bond acceptors (Lipinski definition) is 4. The highest BCUT2D eigenvalue weighted by atomic mass is 79.9. The van der Waals surface area contributed by atoms with Crippen molar-refractivity contribution in [2.24, 2.45) is 0 Å². The fourth-order valence-electron chi connectivity index (χ4n) is 1.46. The standard InChI is InChI=1S/C9H11BrN2OS2/c10-7-6-15-11-8(7)9(13)12-2-1-4-14-5-3-12/h6H,1-5H2. The van der Waals surface area contributed by atoms with Crippen molar-refractivity contribution in [3.05, 3.63) is 15.5 Å². The lowest BCUT2D eigenvalue weighted by Gasteiger charge is -2.18. The predicted molar refractivity (Wildman–Crippen MR) is 67.7 cm³/mol. The minimum atomic E-state index is 0.0608. The Bertz CT molecular complexity index is 348. The van der Waals surface area contributed by atoms with Gasteiger partial charge in [-0.1, -0.05) is 0 Å². The Hall–Kier alpha value is -0.0700. The molecule has 0 N–H and O–H groups in total. The van der Waals surface area contributed by atoms with Gasteiger partial charge in [-0.15, -0.1) is 0 Å². The first-order chi connectivity index (χ1) is 7.29. The van der Waals surface area contributed by atoms with Crippen LogP contribution in [0.4, 0.5) is 0 Å². The molecule has 0 spiro atoms. The maximum atomic E-state index is 12.1. The largest absolute Gasteiger partial charge is 0.336 e. The number of halogens is 1. The second-order valence-corrected chi connectivity index (χ2v) is 5.98. The van der Waals surface area contributed by atoms with Crippen LogP contribution in [0.2, 0.25) is 0 Å². The van der Waals surface area contributed by atoms with Crippen LogP contribution >= 0.6 is 39.2 Å². The molecule has 0 saturated carbocycles. The third-order valence-electron chi connectivity index (χ3n) is 2.24. The number of carbonyl (C=O) groups excluding carboxylic acids is 1. The van der Waals surface area contributed by atoms with E-state index < -0.39 is 0 Å². The number of aromatic nitrogens is 1. The van der Waals surface area contributed by atoms with E-state index in [-0.39, 0.29) is 5.91 Å². The van der Waals surface area contributed by atoms with Crippen LogP contribution in [0.15, 0.2) is 9.85 Å². The van der Waals surface area contributed by atoms with Crippen molar-refractivity contribution in [2.75, 3.05) is 24.6 Å². The maximum Gasteiger partial charge on any atom is 0.274 e. The molecule has 1 aromatic heterocycles. The molecule has 1 aliphatic rings. The average Bonchev–Trinajstić information content (AvgIpc) is 2.53. The Morgan fingerprint density at radius 1 is 1.47 bits per heavy atom. The van der Waals surface area contributed by atoms with Crippen molar-refractivity contribution in [3.8, 4) is 0 Å². The molecule has 1 aromatic rings. The molecule has 0 aromatic carbocycles. The van der Waals surface area contributed by atoms with Crippen molar-refractivity contribution in [1.29, 1.82) is 0 Å². The number of hydrogen-bond donors (Lipinski definition) is 0. The number of amides is 1. The van der Waals surface area contributed by atoms with Crippen molar-refractivity contribution in [1.82, 2.24) is 9.27 Å². The van der Waals surface area contributed by atoms with Crippen LogP contribution in [0.3, 0.4) is 0 Å². The van der Waals surface area contributed by atoms with Gasteiger partial charge in [0.1, 0.15) is 0 Å². The smallest absolute Gasteiger partial charge is 0.274 e. The molecule has 0 bridgehead atoms. The minimum absolute atomic E-state index is 0.0608. The Balaban J connectivity index is 2.09. The van der Waals surface area contributed by atoms with E-state index in [1.165, 1.54) is 11.5 Å². The summed E-state index contributed by atoms with van der Waals surface area (Å²) < 4.78 is 4.93. The van der Waals surface area contributed by atoms with Crippen LogP contribution in [0, 0.1) is 0 Å². The van der Waals surface area contributed by atoms with E-state index in [2.05, 4.69) is 20.3 Å². The molecule has 1 amide bonds. The SMILES string of the molecule is O=C(c1nscc1Br)N1CCCSCC1. The summed E-state index contributed by atoms with van der Waals surface area (Å²) >= 11 is 6.58. The lowest BCUT2D eigenvalue weighted by Crippen LogP contribution is -2.33. The highest BCUT2D eigenvalue weighted by molar-refractivity contribution is 9.10. The molecule has 2 rings (SSSR count). The Morgan fingerprint density at radius 2 is 2.33 bits per heavy atom. The van der Waals surface area contributed by atoms with E-state index in [1.54, 1.807) is 0 Å². The number of carbonyl (C=O) groups is 1. The summed E-state index contributed by atoms with van der Waals surface area (Å²) in [7, 11) is 0. The van der Waals surface area contributed by atoms with Gasteiger partial charge in [-0.05, 0) is 39.6 Å². The van der Waals surface area contributed by atoms with Crippen molar-refractivity contribution < 1.29 is 4.79 Å². The minimum Gasteiger partial charge on any atom is -0.336 e. The summed E-state index contributed by atoms with van der Waals surface area (Å²) in [5.41, 5.74) is 0.562. The van der Waals surface area contributed by atoms with E-state index in [0.29, 0.717) is 5.69 Å². The highest BCUT2D eigenvalue weighted by Crippen LogP contribution is 2.20. The molecule has 0 aliphatic carbocycles. The third-order valence-corrected chi connectivity index (χ3v) is 4.82. The van der Waals surface area contributed by atoms with Crippen LogP contribution in [0.25, 0.3) is 0 Å². The summed E-state index contributed by atoms with van der Waals surface area (Å²) in [6.45, 7) is 1.70. The molecule has 3 nitrogen and oxygen atoms in total. The average molecular weight is 307 g/mol. The predicted octanol–water partition coefficient (Wildman–Crippen LogP) is 2.48. The molecule has 0 unspecified atom stereocenters. The Labute approximate surface area is 106 Å². The fourth-order valence-corrected chi connectivity index (χ4v) is 3.52. The van der Waals surface area contributed by atoms with E-state index in [1.807, 2.05) is 22.0 Å². The summed E-state index contributed by atoms with van der Waals surface area (Å²) in [5, 5.41) is 1.85. The fraction of sp³-hybridized carbons (Fsp3) is 0.556. The third kappa shape index (κ3) is 2.73. The molecule has 0 atom stereocenters. The maximum absolute atomic E-state index is 12.1. The van der Waals surface area contributed by atoms with E-state index >= 15 is 0 Å². The second kappa shape index (κ2) is 5.32. The lowest BCUT2D eigenvalue weighted by atomic mass is 10.3. The van der Waals surface area contributed by atoms with Gasteiger partial charge < -0.3 is 4.90 Å². The molecule has 82 valence electrons. The molecule has 6 heteroatoms. The summed E-state index contributed by atoms with van der Waals surface area (Å²) in [6, 6.07) is 0. The molecule has 0 radical (unpaired) electrons. The Kier molecular flexibility index (Phi) is 4.05. The van der Waals surface area contributed by atoms with Crippen LogP contribution in [-0.4, -0.2) is 39.8 Å². The number of thioether (sulfide) groups is 1. The van der Waals surface area contributed by atoms with Crippen LogP contribution in [0.5, 0.6) is 0 Å². The molecular formula is C9H11BrN2OS2. The number of nitrogens with zero attached hydrogens (tertiary/aromatic N) is 2. The van der Waals surface area contributed by atoms with Crippen LogP contribution in [0.1, 0.15) is 16.9 Å².